The van der Waals surface area contributed by atoms with Crippen molar-refractivity contribution in [2.75, 3.05) is 0 Å². The number of rotatable bonds is 3. The van der Waals surface area contributed by atoms with E-state index in [1.807, 2.05) is 68.4 Å². The molecule has 24 heavy (non-hydrogen) atoms. The summed E-state index contributed by atoms with van der Waals surface area (Å²) >= 11 is 0. The topological polar surface area (TPSA) is 62.0 Å². The summed E-state index contributed by atoms with van der Waals surface area (Å²) in [4.78, 5) is 12.1. The number of aliphatic hydroxyl groups is 1. The Morgan fingerprint density at radius 1 is 0.875 bits per heavy atom. The van der Waals surface area contributed by atoms with E-state index in [1.54, 1.807) is 0 Å². The first-order chi connectivity index (χ1) is 11.4. The Bertz CT molecular complexity index is 803. The zero-order valence-electron chi connectivity index (χ0n) is 13.9. The minimum atomic E-state index is -0.225. The molecule has 0 amide bonds. The van der Waals surface area contributed by atoms with Crippen LogP contribution >= 0.6 is 0 Å². The summed E-state index contributed by atoms with van der Waals surface area (Å²) in [5.74, 6) is -0.130. The van der Waals surface area contributed by atoms with Gasteiger partial charge in [0.15, 0.2) is 11.5 Å². The quantitative estimate of drug-likeness (QED) is 0.749. The van der Waals surface area contributed by atoms with Crippen LogP contribution in [0.5, 0.6) is 0 Å². The number of azo groups is 1. The predicted molar refractivity (Wildman–Crippen MR) is 94.1 cm³/mol. The lowest BCUT2D eigenvalue weighted by Gasteiger charge is -2.27. The highest BCUT2D eigenvalue weighted by Crippen LogP contribution is 2.36. The summed E-state index contributed by atoms with van der Waals surface area (Å²) < 4.78 is 0. The highest BCUT2D eigenvalue weighted by molar-refractivity contribution is 5.96. The molecule has 2 aromatic carbocycles. The molecule has 1 aliphatic carbocycles. The van der Waals surface area contributed by atoms with E-state index < -0.39 is 0 Å². The van der Waals surface area contributed by atoms with Gasteiger partial charge >= 0.3 is 0 Å². The highest BCUT2D eigenvalue weighted by Gasteiger charge is 2.33. The zero-order valence-corrected chi connectivity index (χ0v) is 13.9. The van der Waals surface area contributed by atoms with Crippen LogP contribution in [0.3, 0.4) is 0 Å². The minimum absolute atomic E-state index is 0.0286. The van der Waals surface area contributed by atoms with Crippen molar-refractivity contribution in [2.45, 2.75) is 26.7 Å². The van der Waals surface area contributed by atoms with E-state index in [9.17, 15) is 9.90 Å². The van der Waals surface area contributed by atoms with Gasteiger partial charge in [0.25, 0.3) is 0 Å². The number of benzene rings is 2. The lowest BCUT2D eigenvalue weighted by Crippen LogP contribution is -2.25. The highest BCUT2D eigenvalue weighted by atomic mass is 16.3. The molecule has 0 spiro atoms. The largest absolute Gasteiger partial charge is 0.510 e. The Labute approximate surface area is 141 Å². The number of hydrogen-bond acceptors (Lipinski definition) is 4. The van der Waals surface area contributed by atoms with Crippen molar-refractivity contribution in [3.8, 4) is 11.1 Å². The molecule has 0 heterocycles. The summed E-state index contributed by atoms with van der Waals surface area (Å²) in [5, 5.41) is 18.1. The van der Waals surface area contributed by atoms with Crippen LogP contribution in [0.25, 0.3) is 11.1 Å². The van der Waals surface area contributed by atoms with E-state index in [2.05, 4.69) is 10.2 Å². The zero-order chi connectivity index (χ0) is 17.2. The smallest absolute Gasteiger partial charge is 0.187 e. The van der Waals surface area contributed by atoms with Crippen molar-refractivity contribution in [3.63, 3.8) is 0 Å². The third-order valence-electron chi connectivity index (χ3n) is 4.06. The van der Waals surface area contributed by atoms with Crippen molar-refractivity contribution in [1.82, 2.24) is 0 Å². The molecule has 0 bridgehead atoms. The Morgan fingerprint density at radius 2 is 1.50 bits per heavy atom. The Kier molecular flexibility index (Phi) is 4.30. The molecule has 0 atom stereocenters. The van der Waals surface area contributed by atoms with Gasteiger partial charge in [-0.1, -0.05) is 56.3 Å². The van der Waals surface area contributed by atoms with Crippen LogP contribution in [0.1, 0.15) is 26.7 Å². The van der Waals surface area contributed by atoms with E-state index in [0.717, 1.165) is 11.1 Å². The first-order valence-electron chi connectivity index (χ1n) is 7.97. The fourth-order valence-electron chi connectivity index (χ4n) is 2.85. The normalized spacial score (nSPS) is 17.5. The standard InChI is InChI=1S/C20H20N2O2/c1-20(2)12-17(23)19(18(24)13-20)22-21-16-10-8-15(9-11-16)14-6-4-3-5-7-14/h3-11,23H,12-13H2,1-2H3. The van der Waals surface area contributed by atoms with Crippen molar-refractivity contribution in [1.29, 1.82) is 0 Å². The number of hydrogen-bond donors (Lipinski definition) is 1. The van der Waals surface area contributed by atoms with Crippen molar-refractivity contribution in [2.24, 2.45) is 15.6 Å². The van der Waals surface area contributed by atoms with Gasteiger partial charge in [-0.3, -0.25) is 4.79 Å². The first-order valence-corrected chi connectivity index (χ1v) is 7.97. The van der Waals surface area contributed by atoms with Crippen molar-refractivity contribution >= 4 is 11.5 Å². The molecule has 122 valence electrons. The molecular formula is C20H20N2O2. The fraction of sp³-hybridized carbons (Fsp3) is 0.250. The maximum Gasteiger partial charge on any atom is 0.187 e. The summed E-state index contributed by atoms with van der Waals surface area (Å²) in [6.07, 6.45) is 0.818. The van der Waals surface area contributed by atoms with Gasteiger partial charge < -0.3 is 5.11 Å². The molecular weight excluding hydrogens is 300 g/mol. The van der Waals surface area contributed by atoms with Crippen LogP contribution in [-0.2, 0) is 4.79 Å². The second-order valence-corrected chi connectivity index (χ2v) is 6.85. The lowest BCUT2D eigenvalue weighted by molar-refractivity contribution is -0.118. The third-order valence-corrected chi connectivity index (χ3v) is 4.06. The summed E-state index contributed by atoms with van der Waals surface area (Å²) in [5.41, 5.74) is 2.73. The van der Waals surface area contributed by atoms with Crippen LogP contribution in [0.15, 0.2) is 76.3 Å². The van der Waals surface area contributed by atoms with Gasteiger partial charge in [-0.05, 0) is 28.7 Å². The van der Waals surface area contributed by atoms with E-state index >= 15 is 0 Å². The van der Waals surface area contributed by atoms with Crippen LogP contribution in [0.2, 0.25) is 0 Å². The molecule has 4 heteroatoms. The van der Waals surface area contributed by atoms with Crippen LogP contribution in [0, 0.1) is 5.41 Å². The van der Waals surface area contributed by atoms with E-state index in [4.69, 9.17) is 0 Å². The number of carbonyl (C=O) groups is 1. The van der Waals surface area contributed by atoms with E-state index in [-0.39, 0.29) is 22.7 Å². The van der Waals surface area contributed by atoms with Gasteiger partial charge in [0.05, 0.1) is 5.69 Å². The van der Waals surface area contributed by atoms with Gasteiger partial charge in [0, 0.05) is 12.8 Å². The molecule has 4 nitrogen and oxygen atoms in total. The van der Waals surface area contributed by atoms with E-state index in [1.165, 1.54) is 0 Å². The fourth-order valence-corrected chi connectivity index (χ4v) is 2.85. The molecule has 0 saturated carbocycles. The second kappa shape index (κ2) is 6.40. The molecule has 0 aliphatic heterocycles. The average Bonchev–Trinajstić information content (AvgIpc) is 2.54. The van der Waals surface area contributed by atoms with Gasteiger partial charge in [0.1, 0.15) is 5.76 Å². The molecule has 3 rings (SSSR count). The maximum atomic E-state index is 12.1. The summed E-state index contributed by atoms with van der Waals surface area (Å²) in [7, 11) is 0. The molecule has 0 radical (unpaired) electrons. The molecule has 0 fully saturated rings. The number of nitrogens with zero attached hydrogens (tertiary/aromatic N) is 2. The van der Waals surface area contributed by atoms with Crippen LogP contribution in [0.4, 0.5) is 5.69 Å². The summed E-state index contributed by atoms with van der Waals surface area (Å²) in [6.45, 7) is 3.91. The van der Waals surface area contributed by atoms with Gasteiger partial charge in [-0.25, -0.2) is 0 Å². The van der Waals surface area contributed by atoms with Crippen LogP contribution in [-0.4, -0.2) is 10.9 Å². The summed E-state index contributed by atoms with van der Waals surface area (Å²) in [6, 6.07) is 17.7. The Morgan fingerprint density at radius 3 is 2.12 bits per heavy atom. The van der Waals surface area contributed by atoms with Crippen molar-refractivity contribution < 1.29 is 9.90 Å². The minimum Gasteiger partial charge on any atom is -0.510 e. The molecule has 1 aliphatic rings. The monoisotopic (exact) mass is 320 g/mol. The average molecular weight is 320 g/mol. The van der Waals surface area contributed by atoms with E-state index in [0.29, 0.717) is 18.5 Å². The number of aliphatic hydroxyl groups excluding tert-OH is 1. The van der Waals surface area contributed by atoms with Crippen molar-refractivity contribution in [3.05, 3.63) is 66.1 Å². The molecule has 0 unspecified atom stereocenters. The van der Waals surface area contributed by atoms with Crippen LogP contribution < -0.4 is 0 Å². The molecule has 0 aromatic heterocycles. The van der Waals surface area contributed by atoms with Gasteiger partial charge in [0.2, 0.25) is 0 Å². The first kappa shape index (κ1) is 16.1. The molecule has 1 N–H and O–H groups in total. The lowest BCUT2D eigenvalue weighted by atomic mass is 9.78. The number of allylic oxidation sites excluding steroid dienone is 2. The number of carbonyl (C=O) groups excluding carboxylic acids is 1. The molecule has 0 saturated heterocycles. The Hall–Kier alpha value is -2.75. The second-order valence-electron chi connectivity index (χ2n) is 6.85. The maximum absolute atomic E-state index is 12.1. The van der Waals surface area contributed by atoms with Gasteiger partial charge in [-0.15, -0.1) is 5.11 Å². The number of Topliss-reactive ketones (excluding diaryl/α,β-unsaturated/α-hetero) is 1. The van der Waals surface area contributed by atoms with Gasteiger partial charge in [-0.2, -0.15) is 5.11 Å². The predicted octanol–water partition coefficient (Wildman–Crippen LogP) is 5.60. The third kappa shape index (κ3) is 3.59. The number of ketones is 1. The SMILES string of the molecule is CC1(C)CC(=O)C(N=Nc2ccc(-c3ccccc3)cc2)=C(O)C1. The molecule has 2 aromatic rings. The Balaban J connectivity index is 1.79.